The SMILES string of the molecule is [B]c1ccc(F)c(C(C)(N)Cn2cc(C(F)F)nc2C(=O)OCC)c1. The van der Waals surface area contributed by atoms with Crippen molar-refractivity contribution >= 4 is 19.3 Å². The molecule has 0 aliphatic heterocycles. The van der Waals surface area contributed by atoms with E-state index in [-0.39, 0.29) is 24.5 Å². The predicted molar refractivity (Wildman–Crippen MR) is 86.5 cm³/mol. The molecule has 5 nitrogen and oxygen atoms in total. The number of alkyl halides is 2. The number of carbonyl (C=O) groups excluding carboxylic acids is 1. The molecule has 0 aliphatic rings. The lowest BCUT2D eigenvalue weighted by atomic mass is 9.86. The lowest BCUT2D eigenvalue weighted by molar-refractivity contribution is 0.0504. The number of aromatic nitrogens is 2. The molecule has 9 heteroatoms. The molecule has 0 spiro atoms. The third kappa shape index (κ3) is 4.22. The number of nitrogens with zero attached hydrogens (tertiary/aromatic N) is 2. The summed E-state index contributed by atoms with van der Waals surface area (Å²) in [6.45, 7) is 2.96. The molecule has 2 rings (SSSR count). The fourth-order valence-electron chi connectivity index (χ4n) is 2.44. The second-order valence-corrected chi connectivity index (χ2v) is 5.80. The summed E-state index contributed by atoms with van der Waals surface area (Å²) >= 11 is 0. The molecule has 0 saturated heterocycles. The molecule has 2 aromatic rings. The van der Waals surface area contributed by atoms with Gasteiger partial charge < -0.3 is 15.0 Å². The number of hydrogen-bond acceptors (Lipinski definition) is 4. The van der Waals surface area contributed by atoms with Crippen molar-refractivity contribution in [2.45, 2.75) is 32.4 Å². The van der Waals surface area contributed by atoms with Crippen LogP contribution in [0.25, 0.3) is 0 Å². The third-order valence-corrected chi connectivity index (χ3v) is 3.58. The zero-order valence-electron chi connectivity index (χ0n) is 13.8. The zero-order chi connectivity index (χ0) is 18.8. The highest BCUT2D eigenvalue weighted by atomic mass is 19.3. The van der Waals surface area contributed by atoms with E-state index in [1.807, 2.05) is 0 Å². The molecular weight excluding hydrogens is 334 g/mol. The summed E-state index contributed by atoms with van der Waals surface area (Å²) in [7, 11) is 5.66. The second kappa shape index (κ2) is 7.31. The summed E-state index contributed by atoms with van der Waals surface area (Å²) in [6.07, 6.45) is -1.87. The van der Waals surface area contributed by atoms with Gasteiger partial charge in [0.2, 0.25) is 5.82 Å². The third-order valence-electron chi connectivity index (χ3n) is 3.58. The van der Waals surface area contributed by atoms with Crippen LogP contribution >= 0.6 is 0 Å². The largest absolute Gasteiger partial charge is 0.460 e. The first-order valence-electron chi connectivity index (χ1n) is 7.52. The van der Waals surface area contributed by atoms with Crippen molar-refractivity contribution in [3.63, 3.8) is 0 Å². The van der Waals surface area contributed by atoms with Gasteiger partial charge in [0.05, 0.1) is 12.1 Å². The minimum atomic E-state index is -2.87. The van der Waals surface area contributed by atoms with Crippen molar-refractivity contribution in [3.8, 4) is 0 Å². The zero-order valence-corrected chi connectivity index (χ0v) is 13.8. The highest BCUT2D eigenvalue weighted by molar-refractivity contribution is 6.32. The van der Waals surface area contributed by atoms with Crippen LogP contribution in [0.5, 0.6) is 0 Å². The second-order valence-electron chi connectivity index (χ2n) is 5.80. The molecule has 1 unspecified atom stereocenters. The maximum Gasteiger partial charge on any atom is 0.374 e. The van der Waals surface area contributed by atoms with Crippen LogP contribution in [0.15, 0.2) is 24.4 Å². The Labute approximate surface area is 144 Å². The number of esters is 1. The van der Waals surface area contributed by atoms with E-state index in [0.29, 0.717) is 5.46 Å². The Balaban J connectivity index is 2.43. The molecule has 132 valence electrons. The average molecular weight is 351 g/mol. The van der Waals surface area contributed by atoms with E-state index < -0.39 is 29.4 Å². The Kier molecular flexibility index (Phi) is 5.57. The number of rotatable bonds is 6. The summed E-state index contributed by atoms with van der Waals surface area (Å²) in [4.78, 5) is 15.6. The first kappa shape index (κ1) is 19.0. The molecule has 25 heavy (non-hydrogen) atoms. The predicted octanol–water partition coefficient (Wildman–Crippen LogP) is 1.80. The molecule has 1 atom stereocenters. The van der Waals surface area contributed by atoms with Crippen LogP contribution < -0.4 is 11.2 Å². The van der Waals surface area contributed by atoms with Gasteiger partial charge in [-0.15, -0.1) is 0 Å². The van der Waals surface area contributed by atoms with Crippen molar-refractivity contribution in [3.05, 3.63) is 47.3 Å². The maximum atomic E-state index is 14.1. The minimum Gasteiger partial charge on any atom is -0.460 e. The molecule has 0 bridgehead atoms. The maximum absolute atomic E-state index is 14.1. The molecule has 2 N–H and O–H groups in total. The van der Waals surface area contributed by atoms with E-state index in [2.05, 4.69) is 4.98 Å². The van der Waals surface area contributed by atoms with Gasteiger partial charge in [0.1, 0.15) is 19.4 Å². The van der Waals surface area contributed by atoms with E-state index in [1.54, 1.807) is 6.92 Å². The highest BCUT2D eigenvalue weighted by Gasteiger charge is 2.29. The van der Waals surface area contributed by atoms with Crippen LogP contribution in [0.1, 0.15) is 42.1 Å². The average Bonchev–Trinajstić information content (AvgIpc) is 2.93. The molecule has 0 aliphatic carbocycles. The van der Waals surface area contributed by atoms with Gasteiger partial charge in [-0.1, -0.05) is 17.6 Å². The van der Waals surface area contributed by atoms with Crippen molar-refractivity contribution in [1.82, 2.24) is 9.55 Å². The lowest BCUT2D eigenvalue weighted by Gasteiger charge is -2.27. The van der Waals surface area contributed by atoms with Gasteiger partial charge in [0, 0.05) is 18.3 Å². The van der Waals surface area contributed by atoms with E-state index >= 15 is 0 Å². The number of hydrogen-bond donors (Lipinski definition) is 1. The Bertz CT molecular complexity index is 778. The molecule has 1 aromatic carbocycles. The van der Waals surface area contributed by atoms with E-state index in [9.17, 15) is 18.0 Å². The molecule has 2 radical (unpaired) electrons. The van der Waals surface area contributed by atoms with Gasteiger partial charge in [-0.05, 0) is 19.9 Å². The van der Waals surface area contributed by atoms with Gasteiger partial charge in [-0.2, -0.15) is 0 Å². The minimum absolute atomic E-state index is 0.0550. The van der Waals surface area contributed by atoms with E-state index in [4.69, 9.17) is 18.3 Å². The molecule has 0 amide bonds. The fraction of sp³-hybridized carbons (Fsp3) is 0.375. The smallest absolute Gasteiger partial charge is 0.374 e. The van der Waals surface area contributed by atoms with E-state index in [1.165, 1.54) is 25.1 Å². The number of benzene rings is 1. The fourth-order valence-corrected chi connectivity index (χ4v) is 2.44. The number of carbonyl (C=O) groups is 1. The van der Waals surface area contributed by atoms with Crippen LogP contribution in [0, 0.1) is 5.82 Å². The van der Waals surface area contributed by atoms with Gasteiger partial charge in [-0.3, -0.25) is 0 Å². The van der Waals surface area contributed by atoms with Gasteiger partial charge in [-0.25, -0.2) is 22.9 Å². The van der Waals surface area contributed by atoms with Crippen LogP contribution in [-0.4, -0.2) is 30.0 Å². The summed E-state index contributed by atoms with van der Waals surface area (Å²) < 4.78 is 46.0. The Morgan fingerprint density at radius 2 is 2.16 bits per heavy atom. The molecule has 1 heterocycles. The van der Waals surface area contributed by atoms with Crippen LogP contribution in [0.4, 0.5) is 13.2 Å². The topological polar surface area (TPSA) is 70.1 Å². The molecule has 0 saturated carbocycles. The molecular formula is C16H17BF3N3O2. The summed E-state index contributed by atoms with van der Waals surface area (Å²) in [5, 5.41) is 0. The Morgan fingerprint density at radius 1 is 1.48 bits per heavy atom. The summed E-state index contributed by atoms with van der Waals surface area (Å²) in [5.74, 6) is -1.78. The first-order valence-corrected chi connectivity index (χ1v) is 7.52. The van der Waals surface area contributed by atoms with Gasteiger partial charge in [0.15, 0.2) is 0 Å². The molecule has 0 fully saturated rings. The Hall–Kier alpha value is -2.29. The lowest BCUT2D eigenvalue weighted by Crippen LogP contribution is -2.40. The van der Waals surface area contributed by atoms with Crippen LogP contribution in [0.3, 0.4) is 0 Å². The first-order chi connectivity index (χ1) is 11.7. The monoisotopic (exact) mass is 351 g/mol. The highest BCUT2D eigenvalue weighted by Crippen LogP contribution is 2.25. The number of imidazole rings is 1. The van der Waals surface area contributed by atoms with Crippen molar-refractivity contribution in [1.29, 1.82) is 0 Å². The van der Waals surface area contributed by atoms with Crippen molar-refractivity contribution < 1.29 is 22.7 Å². The normalized spacial score (nSPS) is 13.7. The quantitative estimate of drug-likeness (QED) is 0.637. The van der Waals surface area contributed by atoms with Crippen molar-refractivity contribution in [2.24, 2.45) is 5.73 Å². The van der Waals surface area contributed by atoms with Crippen LogP contribution in [-0.2, 0) is 16.8 Å². The molecule has 1 aromatic heterocycles. The number of halogens is 3. The van der Waals surface area contributed by atoms with Gasteiger partial charge in [0.25, 0.3) is 6.43 Å². The van der Waals surface area contributed by atoms with Gasteiger partial charge >= 0.3 is 5.97 Å². The summed E-state index contributed by atoms with van der Waals surface area (Å²) in [6, 6.07) is 3.91. The van der Waals surface area contributed by atoms with Crippen molar-refractivity contribution in [2.75, 3.05) is 6.61 Å². The van der Waals surface area contributed by atoms with Crippen LogP contribution in [0.2, 0.25) is 0 Å². The summed E-state index contributed by atoms with van der Waals surface area (Å²) in [5.41, 5.74) is 4.66. The number of ether oxygens (including phenoxy) is 1. The standard InChI is InChI=1S/C16H17BF3N3O2/c1-3-25-15(24)14-22-12(13(19)20)7-23(14)8-16(2,21)10-6-9(17)4-5-11(10)18/h4-7,13H,3,8,21H2,1-2H3. The van der Waals surface area contributed by atoms with E-state index in [0.717, 1.165) is 10.8 Å². The Morgan fingerprint density at radius 3 is 2.76 bits per heavy atom. The number of nitrogens with two attached hydrogens (primary N) is 1.